The molecule has 0 aliphatic carbocycles. The van der Waals surface area contributed by atoms with Crippen LogP contribution in [0, 0.1) is 0 Å². The van der Waals surface area contributed by atoms with Gasteiger partial charge in [-0.2, -0.15) is 0 Å². The van der Waals surface area contributed by atoms with Gasteiger partial charge in [0, 0.05) is 25.4 Å². The zero-order valence-electron chi connectivity index (χ0n) is 10.6. The number of likely N-dealkylation sites (N-methyl/N-ethyl adjacent to an activating group) is 1. The van der Waals surface area contributed by atoms with Crippen LogP contribution in [0.5, 0.6) is 0 Å². The number of anilines is 1. The molecular weight excluding hydrogens is 254 g/mol. The molecule has 0 heterocycles. The van der Waals surface area contributed by atoms with Crippen LogP contribution in [0.25, 0.3) is 0 Å². The average molecular weight is 272 g/mol. The molecule has 1 rings (SSSR count). The molecular formula is C13H18ClNO3. The maximum atomic E-state index is 10.9. The summed E-state index contributed by atoms with van der Waals surface area (Å²) in [6.45, 7) is 6.89. The lowest BCUT2D eigenvalue weighted by Crippen LogP contribution is -2.27. The fraction of sp³-hybridized carbons (Fsp3) is 0.462. The van der Waals surface area contributed by atoms with Crippen LogP contribution < -0.4 is 4.90 Å². The third-order valence-corrected chi connectivity index (χ3v) is 2.95. The molecule has 1 N–H and O–H groups in total. The van der Waals surface area contributed by atoms with Gasteiger partial charge in [-0.25, -0.2) is 4.79 Å². The quantitative estimate of drug-likeness (QED) is 0.775. The van der Waals surface area contributed by atoms with Crippen LogP contribution in [0.1, 0.15) is 24.2 Å². The molecule has 0 aliphatic rings. The molecule has 0 saturated carbocycles. The zero-order chi connectivity index (χ0) is 13.5. The topological polar surface area (TPSA) is 49.8 Å². The van der Waals surface area contributed by atoms with Crippen LogP contribution in [0.15, 0.2) is 18.2 Å². The number of nitrogens with zero attached hydrogens (tertiary/aromatic N) is 1. The molecule has 18 heavy (non-hydrogen) atoms. The Morgan fingerprint density at radius 2 is 2.17 bits per heavy atom. The van der Waals surface area contributed by atoms with E-state index in [-0.39, 0.29) is 10.6 Å². The minimum absolute atomic E-state index is 0.126. The van der Waals surface area contributed by atoms with Crippen molar-refractivity contribution in [2.24, 2.45) is 0 Å². The SMILES string of the molecule is CCOCCN(CC)c1ccc(C(=O)O)c(Cl)c1. The first-order valence-electron chi connectivity index (χ1n) is 5.95. The number of carboxylic acids is 1. The first-order valence-corrected chi connectivity index (χ1v) is 6.33. The molecule has 0 spiro atoms. The van der Waals surface area contributed by atoms with Crippen LogP contribution in [0.4, 0.5) is 5.69 Å². The van der Waals surface area contributed by atoms with E-state index in [0.717, 1.165) is 18.8 Å². The van der Waals surface area contributed by atoms with Gasteiger partial charge in [0.05, 0.1) is 17.2 Å². The van der Waals surface area contributed by atoms with Crippen molar-refractivity contribution < 1.29 is 14.6 Å². The van der Waals surface area contributed by atoms with Crippen LogP contribution in [-0.2, 0) is 4.74 Å². The molecule has 0 bridgehead atoms. The summed E-state index contributed by atoms with van der Waals surface area (Å²) in [4.78, 5) is 13.0. The summed E-state index contributed by atoms with van der Waals surface area (Å²) in [7, 11) is 0. The summed E-state index contributed by atoms with van der Waals surface area (Å²) in [5.74, 6) is -1.01. The summed E-state index contributed by atoms with van der Waals surface area (Å²) in [6.07, 6.45) is 0. The first kappa shape index (κ1) is 14.8. The van der Waals surface area contributed by atoms with Gasteiger partial charge in [0.25, 0.3) is 0 Å². The molecule has 0 aliphatic heterocycles. The molecule has 0 aromatic heterocycles. The Hall–Kier alpha value is -1.26. The van der Waals surface area contributed by atoms with Crippen LogP contribution in [0.3, 0.4) is 0 Å². The minimum atomic E-state index is -1.01. The number of carbonyl (C=O) groups is 1. The van der Waals surface area contributed by atoms with Gasteiger partial charge in [-0.05, 0) is 32.0 Å². The van der Waals surface area contributed by atoms with E-state index in [0.29, 0.717) is 13.2 Å². The normalized spacial score (nSPS) is 10.4. The fourth-order valence-electron chi connectivity index (χ4n) is 1.66. The molecule has 1 aromatic carbocycles. The highest BCUT2D eigenvalue weighted by atomic mass is 35.5. The molecule has 100 valence electrons. The number of hydrogen-bond donors (Lipinski definition) is 1. The van der Waals surface area contributed by atoms with Crippen molar-refractivity contribution in [1.29, 1.82) is 0 Å². The summed E-state index contributed by atoms with van der Waals surface area (Å²) < 4.78 is 5.31. The van der Waals surface area contributed by atoms with Crippen LogP contribution >= 0.6 is 11.6 Å². The zero-order valence-corrected chi connectivity index (χ0v) is 11.4. The van der Waals surface area contributed by atoms with E-state index in [4.69, 9.17) is 21.4 Å². The van der Waals surface area contributed by atoms with Gasteiger partial charge >= 0.3 is 5.97 Å². The Kier molecular flexibility index (Phi) is 5.95. The van der Waals surface area contributed by atoms with Crippen molar-refractivity contribution in [3.63, 3.8) is 0 Å². The smallest absolute Gasteiger partial charge is 0.337 e. The predicted molar refractivity (Wildman–Crippen MR) is 72.8 cm³/mol. The highest BCUT2D eigenvalue weighted by Gasteiger charge is 2.11. The highest BCUT2D eigenvalue weighted by molar-refractivity contribution is 6.33. The van der Waals surface area contributed by atoms with E-state index in [1.165, 1.54) is 6.07 Å². The number of halogens is 1. The minimum Gasteiger partial charge on any atom is -0.478 e. The van der Waals surface area contributed by atoms with E-state index in [2.05, 4.69) is 4.90 Å². The number of ether oxygens (including phenoxy) is 1. The van der Waals surface area contributed by atoms with Gasteiger partial charge in [0.15, 0.2) is 0 Å². The maximum absolute atomic E-state index is 10.9. The lowest BCUT2D eigenvalue weighted by atomic mass is 10.2. The second kappa shape index (κ2) is 7.24. The summed E-state index contributed by atoms with van der Waals surface area (Å²) >= 11 is 5.95. The monoisotopic (exact) mass is 271 g/mol. The van der Waals surface area contributed by atoms with Gasteiger partial charge in [-0.15, -0.1) is 0 Å². The summed E-state index contributed by atoms with van der Waals surface area (Å²) in [5.41, 5.74) is 1.04. The van der Waals surface area contributed by atoms with Crippen molar-refractivity contribution in [2.75, 3.05) is 31.2 Å². The number of aromatic carboxylic acids is 1. The Balaban J connectivity index is 2.80. The van der Waals surface area contributed by atoms with E-state index >= 15 is 0 Å². The standard InChI is InChI=1S/C13H18ClNO3/c1-3-15(7-8-18-4-2)10-5-6-11(13(16)17)12(14)9-10/h5-6,9H,3-4,7-8H2,1-2H3,(H,16,17). The van der Waals surface area contributed by atoms with Crippen molar-refractivity contribution in [3.8, 4) is 0 Å². The number of benzene rings is 1. The highest BCUT2D eigenvalue weighted by Crippen LogP contribution is 2.23. The molecule has 0 amide bonds. The second-order valence-corrected chi connectivity index (χ2v) is 4.15. The van der Waals surface area contributed by atoms with E-state index in [9.17, 15) is 4.79 Å². The molecule has 5 heteroatoms. The maximum Gasteiger partial charge on any atom is 0.337 e. The van der Waals surface area contributed by atoms with Gasteiger partial charge in [-0.3, -0.25) is 0 Å². The van der Waals surface area contributed by atoms with E-state index in [1.54, 1.807) is 12.1 Å². The van der Waals surface area contributed by atoms with Gasteiger partial charge in [0.2, 0.25) is 0 Å². The van der Waals surface area contributed by atoms with Crippen molar-refractivity contribution in [3.05, 3.63) is 28.8 Å². The van der Waals surface area contributed by atoms with Crippen LogP contribution in [-0.4, -0.2) is 37.4 Å². The third-order valence-electron chi connectivity index (χ3n) is 2.64. The Morgan fingerprint density at radius 1 is 1.44 bits per heavy atom. The first-order chi connectivity index (χ1) is 8.60. The third kappa shape index (κ3) is 3.89. The molecule has 4 nitrogen and oxygen atoms in total. The molecule has 0 saturated heterocycles. The van der Waals surface area contributed by atoms with Crippen LogP contribution in [0.2, 0.25) is 5.02 Å². The lowest BCUT2D eigenvalue weighted by molar-refractivity contribution is 0.0697. The number of carboxylic acid groups (broad SMARTS) is 1. The van der Waals surface area contributed by atoms with Crippen molar-refractivity contribution in [2.45, 2.75) is 13.8 Å². The van der Waals surface area contributed by atoms with E-state index in [1.807, 2.05) is 13.8 Å². The van der Waals surface area contributed by atoms with Gasteiger partial charge in [0.1, 0.15) is 0 Å². The Labute approximate surface area is 112 Å². The largest absolute Gasteiger partial charge is 0.478 e. The molecule has 1 aromatic rings. The lowest BCUT2D eigenvalue weighted by Gasteiger charge is -2.23. The molecule has 0 fully saturated rings. The average Bonchev–Trinajstić information content (AvgIpc) is 2.34. The number of rotatable bonds is 7. The Morgan fingerprint density at radius 3 is 2.67 bits per heavy atom. The second-order valence-electron chi connectivity index (χ2n) is 3.75. The van der Waals surface area contributed by atoms with Gasteiger partial charge in [-0.1, -0.05) is 11.6 Å². The van der Waals surface area contributed by atoms with Crippen molar-refractivity contribution >= 4 is 23.3 Å². The predicted octanol–water partition coefficient (Wildman–Crippen LogP) is 2.90. The molecule has 0 unspecified atom stereocenters. The van der Waals surface area contributed by atoms with Crippen molar-refractivity contribution in [1.82, 2.24) is 0 Å². The van der Waals surface area contributed by atoms with E-state index < -0.39 is 5.97 Å². The summed E-state index contributed by atoms with van der Waals surface area (Å²) in [5, 5.41) is 9.17. The fourth-order valence-corrected chi connectivity index (χ4v) is 1.92. The molecule has 0 atom stereocenters. The summed E-state index contributed by atoms with van der Waals surface area (Å²) in [6, 6.07) is 4.98. The Bertz CT molecular complexity index is 409. The molecule has 0 radical (unpaired) electrons. The van der Waals surface area contributed by atoms with Gasteiger partial charge < -0.3 is 14.7 Å². The number of hydrogen-bond acceptors (Lipinski definition) is 3.